The molecule has 0 N–H and O–H groups in total. The highest BCUT2D eigenvalue weighted by Gasteiger charge is 2.39. The number of hydrogen-bond donors (Lipinski definition) is 0. The highest BCUT2D eigenvalue weighted by atomic mass is 19.3. The third kappa shape index (κ3) is 5.54. The lowest BCUT2D eigenvalue weighted by molar-refractivity contribution is -0.188. The molecule has 2 fully saturated rings. The van der Waals surface area contributed by atoms with Gasteiger partial charge in [-0.1, -0.05) is 25.7 Å². The number of ether oxygens (including phenoxy) is 1. The molecular weight excluding hydrogens is 547 g/mol. The van der Waals surface area contributed by atoms with Crippen LogP contribution in [0, 0.1) is 52.6 Å². The fourth-order valence-corrected chi connectivity index (χ4v) is 6.17. The molecule has 40 heavy (non-hydrogen) atoms. The first-order valence-electron chi connectivity index (χ1n) is 13.1. The van der Waals surface area contributed by atoms with Crippen LogP contribution in [0.3, 0.4) is 0 Å². The van der Waals surface area contributed by atoms with E-state index in [0.29, 0.717) is 29.5 Å². The number of benzene rings is 3. The van der Waals surface area contributed by atoms with Crippen LogP contribution in [-0.4, -0.2) is 0 Å². The molecule has 10 heteroatoms. The van der Waals surface area contributed by atoms with Gasteiger partial charge in [-0.15, -0.1) is 0 Å². The Bertz CT molecular complexity index is 1340. The summed E-state index contributed by atoms with van der Waals surface area (Å²) >= 11 is 0. The second kappa shape index (κ2) is 11.0. The maximum atomic E-state index is 14.9. The van der Waals surface area contributed by atoms with Crippen LogP contribution in [0.2, 0.25) is 0 Å². The van der Waals surface area contributed by atoms with Crippen LogP contribution < -0.4 is 4.74 Å². The van der Waals surface area contributed by atoms with Crippen LogP contribution in [0.5, 0.6) is 5.75 Å². The maximum absolute atomic E-state index is 14.9. The molecule has 2 aliphatic carbocycles. The third-order valence-electron chi connectivity index (χ3n) is 8.21. The summed E-state index contributed by atoms with van der Waals surface area (Å²) in [6.45, 7) is 0. The standard InChI is InChI=1S/C30H25F9O/c31-21-13-20(14-22(32)27(21)19-11-23(33)28(37)24(34)12-19)30(38,39)40-29-25(35)9-18(10-26(29)36)17-7-5-16(6-8-17)15-3-1-2-4-15/h9-17H,1-8H2. The van der Waals surface area contributed by atoms with Gasteiger partial charge in [-0.05, 0) is 91.0 Å². The van der Waals surface area contributed by atoms with E-state index in [4.69, 9.17) is 0 Å². The van der Waals surface area contributed by atoms with Crippen LogP contribution in [0.4, 0.5) is 39.5 Å². The molecule has 2 saturated carbocycles. The zero-order valence-electron chi connectivity index (χ0n) is 21.2. The van der Waals surface area contributed by atoms with Crippen LogP contribution in [0.15, 0.2) is 36.4 Å². The van der Waals surface area contributed by atoms with Gasteiger partial charge < -0.3 is 4.74 Å². The highest BCUT2D eigenvalue weighted by Crippen LogP contribution is 2.45. The minimum absolute atomic E-state index is 0.102. The third-order valence-corrected chi connectivity index (χ3v) is 8.21. The number of hydrogen-bond acceptors (Lipinski definition) is 1. The Kier molecular flexibility index (Phi) is 7.81. The smallest absolute Gasteiger partial charge is 0.423 e. The maximum Gasteiger partial charge on any atom is 0.427 e. The summed E-state index contributed by atoms with van der Waals surface area (Å²) in [6.07, 6.45) is 3.58. The van der Waals surface area contributed by atoms with Gasteiger partial charge in [-0.3, -0.25) is 0 Å². The zero-order chi connectivity index (χ0) is 28.8. The van der Waals surface area contributed by atoms with E-state index in [0.717, 1.165) is 37.8 Å². The molecule has 0 aliphatic heterocycles. The van der Waals surface area contributed by atoms with Crippen LogP contribution >= 0.6 is 0 Å². The molecule has 1 nitrogen and oxygen atoms in total. The van der Waals surface area contributed by atoms with E-state index < -0.39 is 69.3 Å². The van der Waals surface area contributed by atoms with Gasteiger partial charge in [0.25, 0.3) is 0 Å². The monoisotopic (exact) mass is 572 g/mol. The van der Waals surface area contributed by atoms with Gasteiger partial charge in [-0.25, -0.2) is 30.7 Å². The predicted octanol–water partition coefficient (Wildman–Crippen LogP) is 9.92. The molecule has 214 valence electrons. The van der Waals surface area contributed by atoms with E-state index in [2.05, 4.69) is 4.74 Å². The van der Waals surface area contributed by atoms with E-state index in [1.165, 1.54) is 25.7 Å². The van der Waals surface area contributed by atoms with Crippen molar-refractivity contribution in [3.05, 3.63) is 88.2 Å². The molecule has 0 radical (unpaired) electrons. The Morgan fingerprint density at radius 3 is 1.60 bits per heavy atom. The summed E-state index contributed by atoms with van der Waals surface area (Å²) in [7, 11) is 0. The molecule has 3 aromatic rings. The molecule has 0 atom stereocenters. The quantitative estimate of drug-likeness (QED) is 0.211. The predicted molar refractivity (Wildman–Crippen MR) is 129 cm³/mol. The second-order valence-electron chi connectivity index (χ2n) is 10.7. The molecule has 0 unspecified atom stereocenters. The van der Waals surface area contributed by atoms with E-state index in [1.807, 2.05) is 0 Å². The van der Waals surface area contributed by atoms with Gasteiger partial charge >= 0.3 is 6.11 Å². The summed E-state index contributed by atoms with van der Waals surface area (Å²) in [4.78, 5) is 0. The molecule has 0 bridgehead atoms. The Balaban J connectivity index is 1.35. The molecule has 0 saturated heterocycles. The SMILES string of the molecule is Fc1cc(-c2c(F)cc(C(F)(F)Oc3c(F)cc(C4CCC(C5CCCC5)CC4)cc3F)cc2F)cc(F)c1F. The number of rotatable bonds is 6. The Labute approximate surface area is 225 Å². The topological polar surface area (TPSA) is 9.23 Å². The molecule has 0 spiro atoms. The summed E-state index contributed by atoms with van der Waals surface area (Å²) in [5.74, 6) is -11.8. The number of alkyl halides is 2. The first-order valence-corrected chi connectivity index (χ1v) is 13.1. The molecule has 0 heterocycles. The lowest BCUT2D eigenvalue weighted by Crippen LogP contribution is -2.24. The van der Waals surface area contributed by atoms with Crippen molar-refractivity contribution in [2.24, 2.45) is 11.8 Å². The van der Waals surface area contributed by atoms with Crippen molar-refractivity contribution in [2.45, 2.75) is 63.4 Å². The molecule has 0 amide bonds. The lowest BCUT2D eigenvalue weighted by Gasteiger charge is -2.32. The number of halogens is 9. The second-order valence-corrected chi connectivity index (χ2v) is 10.7. The fraction of sp³-hybridized carbons (Fsp3) is 0.400. The minimum atomic E-state index is -4.60. The van der Waals surface area contributed by atoms with Crippen LogP contribution in [0.1, 0.15) is 68.4 Å². The molecular formula is C30H25F9O. The van der Waals surface area contributed by atoms with Crippen molar-refractivity contribution >= 4 is 0 Å². The fourth-order valence-electron chi connectivity index (χ4n) is 6.17. The summed E-state index contributed by atoms with van der Waals surface area (Å²) in [5, 5.41) is 0. The van der Waals surface area contributed by atoms with Gasteiger partial charge in [0.05, 0.1) is 11.1 Å². The first-order chi connectivity index (χ1) is 18.9. The van der Waals surface area contributed by atoms with E-state index in [9.17, 15) is 39.5 Å². The molecule has 5 rings (SSSR count). The lowest BCUT2D eigenvalue weighted by atomic mass is 9.73. The average molecular weight is 573 g/mol. The van der Waals surface area contributed by atoms with E-state index in [-0.39, 0.29) is 18.1 Å². The van der Waals surface area contributed by atoms with Crippen molar-refractivity contribution in [2.75, 3.05) is 0 Å². The largest absolute Gasteiger partial charge is 0.427 e. The average Bonchev–Trinajstić information content (AvgIpc) is 3.44. The van der Waals surface area contributed by atoms with Gasteiger partial charge in [-0.2, -0.15) is 8.78 Å². The summed E-state index contributed by atoms with van der Waals surface area (Å²) in [5.41, 5.74) is -3.01. The van der Waals surface area contributed by atoms with Crippen molar-refractivity contribution in [3.8, 4) is 16.9 Å². The van der Waals surface area contributed by atoms with Crippen molar-refractivity contribution in [1.82, 2.24) is 0 Å². The Hall–Kier alpha value is -3.17. The van der Waals surface area contributed by atoms with Crippen LogP contribution in [-0.2, 0) is 6.11 Å². The summed E-state index contributed by atoms with van der Waals surface area (Å²) in [6, 6.07) is 2.67. The molecule has 0 aromatic heterocycles. The van der Waals surface area contributed by atoms with E-state index >= 15 is 0 Å². The minimum Gasteiger partial charge on any atom is -0.423 e. The Morgan fingerprint density at radius 2 is 1.07 bits per heavy atom. The highest BCUT2D eigenvalue weighted by molar-refractivity contribution is 5.65. The van der Waals surface area contributed by atoms with Gasteiger partial charge in [0.1, 0.15) is 11.6 Å². The normalized spacial score (nSPS) is 20.2. The van der Waals surface area contributed by atoms with Crippen molar-refractivity contribution in [1.29, 1.82) is 0 Å². The van der Waals surface area contributed by atoms with Crippen molar-refractivity contribution in [3.63, 3.8) is 0 Å². The van der Waals surface area contributed by atoms with Gasteiger partial charge in [0.15, 0.2) is 34.8 Å². The van der Waals surface area contributed by atoms with E-state index in [1.54, 1.807) is 0 Å². The van der Waals surface area contributed by atoms with Crippen molar-refractivity contribution < 1.29 is 44.3 Å². The summed E-state index contributed by atoms with van der Waals surface area (Å²) < 4.78 is 133. The zero-order valence-corrected chi connectivity index (χ0v) is 21.2. The first kappa shape index (κ1) is 28.4. The van der Waals surface area contributed by atoms with Crippen LogP contribution in [0.25, 0.3) is 11.1 Å². The Morgan fingerprint density at radius 1 is 0.575 bits per heavy atom. The molecule has 3 aromatic carbocycles. The van der Waals surface area contributed by atoms with Gasteiger partial charge in [0.2, 0.25) is 0 Å². The van der Waals surface area contributed by atoms with Gasteiger partial charge in [0, 0.05) is 0 Å². The molecule has 2 aliphatic rings.